The van der Waals surface area contributed by atoms with Gasteiger partial charge in [-0.2, -0.15) is 4.98 Å². The molecular formula is C71H102N13O18P. The average molecular weight is 1460 g/mol. The Morgan fingerprint density at radius 1 is 0.835 bits per heavy atom. The third kappa shape index (κ3) is 24.5. The molecule has 7 rings (SSSR count). The van der Waals surface area contributed by atoms with Crippen LogP contribution in [-0.2, 0) is 81.1 Å². The molecule has 31 nitrogen and oxygen atoms in total. The number of hydrogen-bond acceptors (Lipinski definition) is 21. The maximum Gasteiger partial charge on any atom is 0.469 e. The van der Waals surface area contributed by atoms with Crippen LogP contribution in [0.2, 0.25) is 0 Å². The maximum absolute atomic E-state index is 14.4. The molecule has 564 valence electrons. The quantitative estimate of drug-likeness (QED) is 0.0220. The lowest BCUT2D eigenvalue weighted by Gasteiger charge is -2.43. The van der Waals surface area contributed by atoms with E-state index in [-0.39, 0.29) is 106 Å². The largest absolute Gasteiger partial charge is 0.495 e. The third-order valence-electron chi connectivity index (χ3n) is 18.6. The number of Topliss-reactive ketones (excluding diaryl/α,β-unsaturated/α-hetero) is 3. The van der Waals surface area contributed by atoms with Gasteiger partial charge in [0.25, 0.3) is 5.91 Å². The number of rotatable bonds is 44. The Balaban J connectivity index is 0.838. The first-order valence-corrected chi connectivity index (χ1v) is 37.0. The van der Waals surface area contributed by atoms with E-state index in [0.29, 0.717) is 105 Å². The first-order chi connectivity index (χ1) is 49.2. The molecule has 7 amide bonds. The van der Waals surface area contributed by atoms with Crippen LogP contribution in [0.5, 0.6) is 5.75 Å². The fourth-order valence-electron chi connectivity index (χ4n) is 13.3. The number of carbonyl (C=O) groups is 10. The number of imidazole rings is 1. The van der Waals surface area contributed by atoms with Gasteiger partial charge in [0.1, 0.15) is 30.1 Å². The van der Waals surface area contributed by atoms with Gasteiger partial charge in [-0.15, -0.1) is 0 Å². The average Bonchev–Trinajstić information content (AvgIpc) is 1.53. The molecule has 0 bridgehead atoms. The molecule has 1 aliphatic carbocycles. The molecule has 2 aliphatic heterocycles. The van der Waals surface area contributed by atoms with E-state index in [1.54, 1.807) is 48.9 Å². The summed E-state index contributed by atoms with van der Waals surface area (Å²) in [6.45, 7) is 8.28. The number of anilines is 4. The zero-order valence-corrected chi connectivity index (χ0v) is 60.8. The molecule has 32 heteroatoms. The Morgan fingerprint density at radius 3 is 2.24 bits per heavy atom. The first-order valence-electron chi connectivity index (χ1n) is 35.4. The van der Waals surface area contributed by atoms with Crippen molar-refractivity contribution in [3.05, 3.63) is 84.1 Å². The van der Waals surface area contributed by atoms with Crippen molar-refractivity contribution in [2.75, 3.05) is 75.4 Å². The fourth-order valence-corrected chi connectivity index (χ4v) is 13.9. The number of likely N-dealkylation sites (tertiary alicyclic amines) is 1. The number of aromatic nitrogens is 4. The number of nitrogens with zero attached hydrogens (tertiary/aromatic N) is 7. The van der Waals surface area contributed by atoms with Gasteiger partial charge in [-0.05, 0) is 107 Å². The lowest BCUT2D eigenvalue weighted by molar-refractivity contribution is -0.142. The van der Waals surface area contributed by atoms with E-state index in [4.69, 9.17) is 24.9 Å². The number of fused-ring (bicyclic) bond motifs is 1. The van der Waals surface area contributed by atoms with E-state index in [2.05, 4.69) is 46.0 Å². The summed E-state index contributed by atoms with van der Waals surface area (Å²) in [5.41, 5.74) is 8.43. The summed E-state index contributed by atoms with van der Waals surface area (Å²) in [6, 6.07) is 9.85. The van der Waals surface area contributed by atoms with Crippen molar-refractivity contribution in [3.8, 4) is 5.75 Å². The second kappa shape index (κ2) is 39.9. The number of primary amides is 1. The molecule has 10 N–H and O–H groups in total. The summed E-state index contributed by atoms with van der Waals surface area (Å²) in [5.74, 6) is -6.53. The van der Waals surface area contributed by atoms with Crippen molar-refractivity contribution in [3.63, 3.8) is 0 Å². The van der Waals surface area contributed by atoms with Crippen LogP contribution in [-0.4, -0.2) is 201 Å². The number of ketones is 3. The topological polar surface area (TPSA) is 425 Å². The Hall–Kier alpha value is -8.58. The van der Waals surface area contributed by atoms with Gasteiger partial charge in [0.15, 0.2) is 23.2 Å². The number of nitrogens with two attached hydrogens (primary N) is 1. The van der Waals surface area contributed by atoms with Crippen molar-refractivity contribution in [1.29, 1.82) is 0 Å². The number of phosphoric acid groups is 1. The van der Waals surface area contributed by atoms with Gasteiger partial charge in [0, 0.05) is 89.6 Å². The summed E-state index contributed by atoms with van der Waals surface area (Å²) in [7, 11) is -1.90. The molecule has 0 spiro atoms. The molecule has 4 aromatic rings. The van der Waals surface area contributed by atoms with Crippen molar-refractivity contribution >= 4 is 89.7 Å². The number of aliphatic hydroxyl groups excluding tert-OH is 1. The monoisotopic (exact) mass is 1460 g/mol. The standard InChI is InChI=1S/C71H102N13O18P/c1-8-56-70(95)81(6)58-39-74-71(80-66(58)84(56)52-20-12-13-21-52)78-54-26-25-48(37-62(54)99-7)67(92)73-28-15-14-22-53(76-46(5)86)59(87)24-17-31-100-32-33-101-42-63(90)83-29-16-23-57(83)61(89)35-49(34-44(2)3)68(93)77-55(38-51-40-82(43-75-51)30-27-47-18-10-9-11-19-47)60(88)36-50(41-85)69(94)79-64(65(72)91)45(4)102-103(96,97)98/h9-11,18-19,25-26,37,39-40,43-45,49-50,52-53,55-57,64,85H,8,12-17,20-24,27-36,38,41-42H2,1-7H3,(H2,72,91)(H,73,92)(H,76,86)(H,77,93)(H,79,94)(H,74,78,80)(H2,96,97,98)/t45-,49+,50-,53-,55-,56+,57-,64?/m0/s1. The normalized spacial score (nSPS) is 17.2. The first kappa shape index (κ1) is 81.7. The Morgan fingerprint density at radius 2 is 1.56 bits per heavy atom. The summed E-state index contributed by atoms with van der Waals surface area (Å²) in [6.07, 6.45) is 10.6. The number of benzene rings is 2. The van der Waals surface area contributed by atoms with Gasteiger partial charge in [-0.25, -0.2) is 14.5 Å². The number of amides is 7. The lowest BCUT2D eigenvalue weighted by atomic mass is 9.88. The number of aliphatic hydroxyl groups is 1. The second-order valence-corrected chi connectivity index (χ2v) is 28.1. The molecule has 0 radical (unpaired) electrons. The minimum Gasteiger partial charge on any atom is -0.495 e. The molecule has 2 aromatic carbocycles. The summed E-state index contributed by atoms with van der Waals surface area (Å²) >= 11 is 0. The summed E-state index contributed by atoms with van der Waals surface area (Å²) < 4.78 is 34.9. The molecule has 1 saturated carbocycles. The van der Waals surface area contributed by atoms with Crippen LogP contribution in [0.4, 0.5) is 23.1 Å². The highest BCUT2D eigenvalue weighted by Crippen LogP contribution is 2.41. The number of unbranched alkanes of at least 4 members (excludes halogenated alkanes) is 1. The molecule has 8 atom stereocenters. The summed E-state index contributed by atoms with van der Waals surface area (Å²) in [5, 5.41) is 24.3. The predicted molar refractivity (Wildman–Crippen MR) is 379 cm³/mol. The van der Waals surface area contributed by atoms with Crippen LogP contribution < -0.4 is 46.9 Å². The highest BCUT2D eigenvalue weighted by Gasteiger charge is 2.43. The summed E-state index contributed by atoms with van der Waals surface area (Å²) in [4.78, 5) is 172. The van der Waals surface area contributed by atoms with E-state index in [0.717, 1.165) is 38.2 Å². The van der Waals surface area contributed by atoms with Gasteiger partial charge < -0.3 is 80.7 Å². The van der Waals surface area contributed by atoms with E-state index in [9.17, 15) is 67.4 Å². The van der Waals surface area contributed by atoms with Crippen LogP contribution in [0.1, 0.15) is 153 Å². The number of ether oxygens (including phenoxy) is 3. The number of phosphoric ester groups is 1. The van der Waals surface area contributed by atoms with E-state index < -0.39 is 92.4 Å². The van der Waals surface area contributed by atoms with Crippen molar-refractivity contribution in [1.82, 2.24) is 45.7 Å². The highest BCUT2D eigenvalue weighted by atomic mass is 31.2. The molecule has 2 aromatic heterocycles. The third-order valence-corrected chi connectivity index (χ3v) is 19.3. The predicted octanol–water partition coefficient (Wildman–Crippen LogP) is 4.33. The number of aryl methyl sites for hydroxylation is 2. The Labute approximate surface area is 600 Å². The minimum atomic E-state index is -5.15. The number of carbonyl (C=O) groups excluding carboxylic acids is 10. The molecule has 1 saturated heterocycles. The molecular weight excluding hydrogens is 1350 g/mol. The Kier molecular flexibility index (Phi) is 31.7. The van der Waals surface area contributed by atoms with Gasteiger partial charge in [0.2, 0.25) is 41.4 Å². The highest BCUT2D eigenvalue weighted by molar-refractivity contribution is 7.46. The number of hydrogen-bond donors (Lipinski definition) is 9. The lowest BCUT2D eigenvalue weighted by Crippen LogP contribution is -2.55. The van der Waals surface area contributed by atoms with Crippen LogP contribution >= 0.6 is 7.82 Å². The fraction of sp³-hybridized carbons (Fsp3) is 0.592. The smallest absolute Gasteiger partial charge is 0.469 e. The molecule has 4 heterocycles. The zero-order chi connectivity index (χ0) is 74.9. The molecule has 3 aliphatic rings. The molecule has 2 fully saturated rings. The van der Waals surface area contributed by atoms with Crippen molar-refractivity contribution in [2.24, 2.45) is 23.5 Å². The Bertz CT molecular complexity index is 3610. The van der Waals surface area contributed by atoms with Crippen molar-refractivity contribution in [2.45, 2.75) is 193 Å². The number of nitrogens with one attached hydrogen (secondary N) is 5. The van der Waals surface area contributed by atoms with Gasteiger partial charge in [-0.3, -0.25) is 52.5 Å². The van der Waals surface area contributed by atoms with E-state index >= 15 is 0 Å². The van der Waals surface area contributed by atoms with Crippen LogP contribution in [0.25, 0.3) is 0 Å². The van der Waals surface area contributed by atoms with Gasteiger partial charge >= 0.3 is 7.82 Å². The zero-order valence-electron chi connectivity index (χ0n) is 59.9. The van der Waals surface area contributed by atoms with Crippen LogP contribution in [0.15, 0.2) is 67.3 Å². The number of methoxy groups -OCH3 is 1. The van der Waals surface area contributed by atoms with Crippen molar-refractivity contribution < 1.29 is 86.1 Å². The maximum atomic E-state index is 14.4. The number of likely N-dealkylation sites (N-methyl/N-ethyl adjacent to an activating group) is 1. The van der Waals surface area contributed by atoms with E-state index in [1.165, 1.54) is 18.9 Å². The van der Waals surface area contributed by atoms with E-state index in [1.807, 2.05) is 55.7 Å². The van der Waals surface area contributed by atoms with Gasteiger partial charge in [0.05, 0.1) is 81.0 Å². The van der Waals surface area contributed by atoms with Gasteiger partial charge in [-0.1, -0.05) is 63.9 Å². The second-order valence-electron chi connectivity index (χ2n) is 26.9. The minimum absolute atomic E-state index is 0.0207. The molecule has 103 heavy (non-hydrogen) atoms. The molecule has 1 unspecified atom stereocenters. The van der Waals surface area contributed by atoms with Crippen LogP contribution in [0.3, 0.4) is 0 Å². The van der Waals surface area contributed by atoms with Crippen LogP contribution in [0, 0.1) is 17.8 Å². The SMILES string of the molecule is CC[C@@H]1C(=O)N(C)c2cnc(Nc3ccc(C(=O)NCCCC[C@H](NC(C)=O)C(=O)CCCOCCOCC(=O)N4CCC[C@H]4C(=O)C[C@@H](CC(C)C)C(=O)N[C@@H](Cc4cn(CCc5ccccc5)cn4)C(=O)C[C@@H](CO)C(=O)NC(C(N)=O)[C@H](C)OP(=O)(O)O)cc3OC)nc2N1C1CCCC1.